The highest BCUT2D eigenvalue weighted by atomic mass is 35.5. The average Bonchev–Trinajstić information content (AvgIpc) is 2.47. The molecule has 0 aliphatic carbocycles. The van der Waals surface area contributed by atoms with Gasteiger partial charge in [0.05, 0.1) is 0 Å². The molecule has 0 bridgehead atoms. The Kier molecular flexibility index (Phi) is 5.63. The molecule has 0 spiro atoms. The molecule has 0 N–H and O–H groups in total. The van der Waals surface area contributed by atoms with Crippen molar-refractivity contribution in [3.8, 4) is 0 Å². The number of hydrogen-bond acceptors (Lipinski definition) is 2. The van der Waals surface area contributed by atoms with Crippen molar-refractivity contribution in [2.24, 2.45) is 0 Å². The van der Waals surface area contributed by atoms with Crippen molar-refractivity contribution in [1.82, 2.24) is 9.88 Å². The van der Waals surface area contributed by atoms with E-state index in [1.54, 1.807) is 6.07 Å². The van der Waals surface area contributed by atoms with E-state index in [0.717, 1.165) is 37.9 Å². The third kappa shape index (κ3) is 3.97. The van der Waals surface area contributed by atoms with Crippen molar-refractivity contribution in [1.29, 1.82) is 0 Å². The van der Waals surface area contributed by atoms with Crippen LogP contribution in [0.15, 0.2) is 12.1 Å². The molecule has 116 valence electrons. The number of rotatable bonds is 4. The molecule has 1 aliphatic heterocycles. The number of halogens is 1. The third-order valence-electron chi connectivity index (χ3n) is 4.16. The van der Waals surface area contributed by atoms with Crippen LogP contribution in [-0.4, -0.2) is 28.4 Å². The van der Waals surface area contributed by atoms with Crippen LogP contribution in [0.25, 0.3) is 0 Å². The van der Waals surface area contributed by atoms with Gasteiger partial charge >= 0.3 is 0 Å². The van der Waals surface area contributed by atoms with Crippen LogP contribution < -0.4 is 0 Å². The zero-order valence-electron chi connectivity index (χ0n) is 13.2. The van der Waals surface area contributed by atoms with Gasteiger partial charge in [0.15, 0.2) is 0 Å². The molecule has 1 aliphatic rings. The molecule has 0 radical (unpaired) electrons. The van der Waals surface area contributed by atoms with E-state index < -0.39 is 0 Å². The fourth-order valence-corrected chi connectivity index (χ4v) is 3.22. The number of aromatic nitrogens is 1. The van der Waals surface area contributed by atoms with Crippen molar-refractivity contribution < 1.29 is 4.79 Å². The number of nitrogens with zero attached hydrogens (tertiary/aromatic N) is 2. The van der Waals surface area contributed by atoms with Gasteiger partial charge < -0.3 is 4.90 Å². The Labute approximate surface area is 132 Å². The first kappa shape index (κ1) is 16.3. The first-order valence-electron chi connectivity index (χ1n) is 8.01. The van der Waals surface area contributed by atoms with Crippen molar-refractivity contribution >= 4 is 17.5 Å². The number of carbonyl (C=O) groups excluding carboxylic acids is 1. The summed E-state index contributed by atoms with van der Waals surface area (Å²) in [6.07, 6.45) is 5.64. The first-order valence-corrected chi connectivity index (χ1v) is 8.39. The third-order valence-corrected chi connectivity index (χ3v) is 4.36. The SMILES string of the molecule is CCCC1CCCCN1C(=O)c1cc(Cl)nc(C(C)C)c1. The molecule has 2 heterocycles. The quantitative estimate of drug-likeness (QED) is 0.758. The summed E-state index contributed by atoms with van der Waals surface area (Å²) in [5.74, 6) is 0.377. The number of likely N-dealkylation sites (tertiary alicyclic amines) is 1. The lowest BCUT2D eigenvalue weighted by atomic mass is 9.97. The van der Waals surface area contributed by atoms with Crippen LogP contribution in [0.4, 0.5) is 0 Å². The maximum absolute atomic E-state index is 12.9. The molecular formula is C17H25ClN2O. The summed E-state index contributed by atoms with van der Waals surface area (Å²) in [6.45, 7) is 7.17. The summed E-state index contributed by atoms with van der Waals surface area (Å²) in [4.78, 5) is 19.2. The van der Waals surface area contributed by atoms with Crippen LogP contribution in [0, 0.1) is 0 Å². The van der Waals surface area contributed by atoms with Gasteiger partial charge in [-0.1, -0.05) is 38.8 Å². The van der Waals surface area contributed by atoms with Crippen LogP contribution in [0.5, 0.6) is 0 Å². The minimum Gasteiger partial charge on any atom is -0.336 e. The molecule has 1 fully saturated rings. The molecule has 1 unspecified atom stereocenters. The Balaban J connectivity index is 2.25. The number of pyridine rings is 1. The molecule has 0 aromatic carbocycles. The number of hydrogen-bond donors (Lipinski definition) is 0. The van der Waals surface area contributed by atoms with E-state index in [1.165, 1.54) is 6.42 Å². The van der Waals surface area contributed by atoms with E-state index >= 15 is 0 Å². The van der Waals surface area contributed by atoms with Gasteiger partial charge in [-0.3, -0.25) is 4.79 Å². The summed E-state index contributed by atoms with van der Waals surface area (Å²) in [5.41, 5.74) is 1.57. The normalized spacial score (nSPS) is 19.1. The van der Waals surface area contributed by atoms with Crippen molar-refractivity contribution in [3.63, 3.8) is 0 Å². The molecule has 21 heavy (non-hydrogen) atoms. The lowest BCUT2D eigenvalue weighted by Crippen LogP contribution is -2.43. The molecular weight excluding hydrogens is 284 g/mol. The van der Waals surface area contributed by atoms with Gasteiger partial charge in [0.2, 0.25) is 0 Å². The van der Waals surface area contributed by atoms with Crippen molar-refractivity contribution in [3.05, 3.63) is 28.5 Å². The highest BCUT2D eigenvalue weighted by Crippen LogP contribution is 2.25. The highest BCUT2D eigenvalue weighted by Gasteiger charge is 2.27. The van der Waals surface area contributed by atoms with Crippen molar-refractivity contribution in [2.75, 3.05) is 6.54 Å². The fourth-order valence-electron chi connectivity index (χ4n) is 3.00. The molecule has 2 rings (SSSR count). The summed E-state index contributed by atoms with van der Waals surface area (Å²) < 4.78 is 0. The van der Waals surface area contributed by atoms with Gasteiger partial charge in [-0.25, -0.2) is 4.98 Å². The lowest BCUT2D eigenvalue weighted by molar-refractivity contribution is 0.0600. The molecule has 1 saturated heterocycles. The summed E-state index contributed by atoms with van der Waals surface area (Å²) in [5, 5.41) is 0.411. The van der Waals surface area contributed by atoms with E-state index in [-0.39, 0.29) is 11.8 Å². The maximum atomic E-state index is 12.9. The zero-order valence-corrected chi connectivity index (χ0v) is 14.0. The summed E-state index contributed by atoms with van der Waals surface area (Å²) in [7, 11) is 0. The van der Waals surface area contributed by atoms with Gasteiger partial charge in [-0.2, -0.15) is 0 Å². The fraction of sp³-hybridized carbons (Fsp3) is 0.647. The molecule has 1 aromatic rings. The molecule has 1 aromatic heterocycles. The monoisotopic (exact) mass is 308 g/mol. The van der Waals surface area contributed by atoms with E-state index in [1.807, 2.05) is 11.0 Å². The number of amides is 1. The van der Waals surface area contributed by atoms with Crippen LogP contribution in [0.1, 0.15) is 74.8 Å². The average molecular weight is 309 g/mol. The highest BCUT2D eigenvalue weighted by molar-refractivity contribution is 6.29. The number of piperidine rings is 1. The Hall–Kier alpha value is -1.09. The van der Waals surface area contributed by atoms with Crippen LogP contribution >= 0.6 is 11.6 Å². The van der Waals surface area contributed by atoms with Crippen LogP contribution in [0.3, 0.4) is 0 Å². The largest absolute Gasteiger partial charge is 0.336 e. The molecule has 1 atom stereocenters. The van der Waals surface area contributed by atoms with Gasteiger partial charge in [0.1, 0.15) is 5.15 Å². The maximum Gasteiger partial charge on any atom is 0.254 e. The standard InChI is InChI=1S/C17H25ClN2O/c1-4-7-14-8-5-6-9-20(14)17(21)13-10-15(12(2)3)19-16(18)11-13/h10-12,14H,4-9H2,1-3H3. The van der Waals surface area contributed by atoms with Gasteiger partial charge in [0.25, 0.3) is 5.91 Å². The summed E-state index contributed by atoms with van der Waals surface area (Å²) in [6, 6.07) is 3.98. The molecule has 0 saturated carbocycles. The molecule has 1 amide bonds. The van der Waals surface area contributed by atoms with Crippen molar-refractivity contribution in [2.45, 2.75) is 64.8 Å². The lowest BCUT2D eigenvalue weighted by Gasteiger charge is -2.36. The molecule has 4 heteroatoms. The predicted molar refractivity (Wildman–Crippen MR) is 86.9 cm³/mol. The summed E-state index contributed by atoms with van der Waals surface area (Å²) >= 11 is 6.09. The first-order chi connectivity index (χ1) is 10.0. The Morgan fingerprint density at radius 1 is 1.43 bits per heavy atom. The van der Waals surface area contributed by atoms with Gasteiger partial charge in [-0.05, 0) is 43.7 Å². The molecule has 3 nitrogen and oxygen atoms in total. The second-order valence-electron chi connectivity index (χ2n) is 6.19. The van der Waals surface area contributed by atoms with Gasteiger partial charge in [-0.15, -0.1) is 0 Å². The second-order valence-corrected chi connectivity index (χ2v) is 6.58. The minimum atomic E-state index is 0.111. The zero-order chi connectivity index (χ0) is 15.4. The number of carbonyl (C=O) groups is 1. The smallest absolute Gasteiger partial charge is 0.254 e. The van der Waals surface area contributed by atoms with E-state index in [9.17, 15) is 4.79 Å². The van der Waals surface area contributed by atoms with Crippen LogP contribution in [-0.2, 0) is 0 Å². The minimum absolute atomic E-state index is 0.111. The Morgan fingerprint density at radius 2 is 2.19 bits per heavy atom. The van der Waals surface area contributed by atoms with Crippen LogP contribution in [0.2, 0.25) is 5.15 Å². The Morgan fingerprint density at radius 3 is 2.86 bits per heavy atom. The second kappa shape index (κ2) is 7.26. The van der Waals surface area contributed by atoms with E-state index in [4.69, 9.17) is 11.6 Å². The van der Waals surface area contributed by atoms with E-state index in [0.29, 0.717) is 16.8 Å². The van der Waals surface area contributed by atoms with Gasteiger partial charge in [0, 0.05) is 23.8 Å². The predicted octanol–water partition coefficient (Wildman–Crippen LogP) is 4.65. The Bertz CT molecular complexity index is 500. The topological polar surface area (TPSA) is 33.2 Å². The van der Waals surface area contributed by atoms with E-state index in [2.05, 4.69) is 25.8 Å².